The van der Waals surface area contributed by atoms with Crippen molar-refractivity contribution in [1.29, 1.82) is 0 Å². The molecule has 1 aromatic carbocycles. The molecule has 1 amide bonds. The fourth-order valence-corrected chi connectivity index (χ4v) is 3.96. The van der Waals surface area contributed by atoms with Crippen LogP contribution in [-0.2, 0) is 24.6 Å². The predicted octanol–water partition coefficient (Wildman–Crippen LogP) is 2.67. The van der Waals surface area contributed by atoms with E-state index < -0.39 is 65.7 Å². The summed E-state index contributed by atoms with van der Waals surface area (Å²) >= 11 is 4.56. The second kappa shape index (κ2) is 10.6. The maximum absolute atomic E-state index is 14.4. The number of aliphatic hydroxyl groups excluding tert-OH is 2. The van der Waals surface area contributed by atoms with Gasteiger partial charge in [0.1, 0.15) is 0 Å². The average molecular weight is 536 g/mol. The molecule has 0 unspecified atom stereocenters. The third-order valence-corrected chi connectivity index (χ3v) is 6.28. The van der Waals surface area contributed by atoms with Crippen LogP contribution in [0.15, 0.2) is 36.6 Å². The molecule has 192 valence electrons. The number of carbonyl (C=O) groups excluding carboxylic acids is 1. The Labute approximate surface area is 200 Å². The molecule has 34 heavy (non-hydrogen) atoms. The third kappa shape index (κ3) is 5.25. The number of ether oxygens (including phenoxy) is 2. The van der Waals surface area contributed by atoms with Gasteiger partial charge in [0.25, 0.3) is 0 Å². The van der Waals surface area contributed by atoms with E-state index in [9.17, 15) is 31.9 Å². The molecule has 0 aliphatic carbocycles. The van der Waals surface area contributed by atoms with E-state index in [4.69, 9.17) is 14.6 Å². The molecule has 5 atom stereocenters. The zero-order valence-electron chi connectivity index (χ0n) is 18.4. The molecule has 0 spiro atoms. The van der Waals surface area contributed by atoms with Crippen LogP contribution in [0.1, 0.15) is 25.3 Å². The van der Waals surface area contributed by atoms with Crippen LogP contribution in [0.4, 0.5) is 22.0 Å². The van der Waals surface area contributed by atoms with Crippen LogP contribution >= 0.6 is 0 Å². The third-order valence-electron chi connectivity index (χ3n) is 5.81. The van der Waals surface area contributed by atoms with Gasteiger partial charge in [0.2, 0.25) is 0 Å². The minimum atomic E-state index is -4.91. The molecular formula is C22H24F5NNiO5. The fraction of sp³-hybridized carbons (Fsp3) is 0.455. The summed E-state index contributed by atoms with van der Waals surface area (Å²) in [6.45, 7) is 4.74. The van der Waals surface area contributed by atoms with E-state index in [-0.39, 0.29) is 15.8 Å². The fourth-order valence-electron chi connectivity index (χ4n) is 3.72. The average Bonchev–Trinajstić information content (AvgIpc) is 3.06. The number of nitrogens with one attached hydrogen (secondary N) is 1. The minimum absolute atomic E-state index is 0.0772. The summed E-state index contributed by atoms with van der Waals surface area (Å²) in [6.07, 6.45) is -5.88. The van der Waals surface area contributed by atoms with Crippen molar-refractivity contribution in [1.82, 2.24) is 5.32 Å². The number of amides is 1. The summed E-state index contributed by atoms with van der Waals surface area (Å²) in [7, 11) is 1.02. The monoisotopic (exact) mass is 535 g/mol. The predicted molar refractivity (Wildman–Crippen MR) is 109 cm³/mol. The molecule has 6 nitrogen and oxygen atoms in total. The maximum atomic E-state index is 14.4. The van der Waals surface area contributed by atoms with Gasteiger partial charge >= 0.3 is 200 Å². The molecular weight excluding hydrogens is 512 g/mol. The molecule has 12 heteroatoms. The molecule has 0 aromatic heterocycles. The molecule has 1 saturated heterocycles. The van der Waals surface area contributed by atoms with Gasteiger partial charge in [-0.2, -0.15) is 0 Å². The van der Waals surface area contributed by atoms with E-state index in [0.29, 0.717) is 0 Å². The molecule has 3 N–H and O–H groups in total. The Balaban J connectivity index is 2.56. The first-order valence-corrected chi connectivity index (χ1v) is 10.4. The number of hydrogen-bond acceptors (Lipinski definition) is 5. The van der Waals surface area contributed by atoms with Crippen LogP contribution < -0.4 is 10.1 Å². The van der Waals surface area contributed by atoms with Gasteiger partial charge in [-0.25, -0.2) is 0 Å². The Bertz CT molecular complexity index is 999. The Hall–Kier alpha value is -2.14. The van der Waals surface area contributed by atoms with E-state index in [1.165, 1.54) is 6.92 Å². The van der Waals surface area contributed by atoms with Crippen LogP contribution in [0.25, 0.3) is 0 Å². The van der Waals surface area contributed by atoms with E-state index in [1.807, 2.05) is 0 Å². The van der Waals surface area contributed by atoms with Crippen molar-refractivity contribution in [2.75, 3.05) is 13.7 Å². The summed E-state index contributed by atoms with van der Waals surface area (Å²) in [5, 5.41) is 20.9. The number of carbonyl (C=O) groups is 1. The summed E-state index contributed by atoms with van der Waals surface area (Å²) in [5.74, 6) is -7.19. The van der Waals surface area contributed by atoms with Crippen LogP contribution in [0, 0.1) is 17.6 Å². The molecule has 0 bridgehead atoms. The van der Waals surface area contributed by atoms with E-state index in [0.717, 1.165) is 38.3 Å². The van der Waals surface area contributed by atoms with Crippen molar-refractivity contribution in [3.8, 4) is 5.75 Å². The molecule has 1 aliphatic heterocycles. The summed E-state index contributed by atoms with van der Waals surface area (Å²) < 4.78 is 80.0. The number of aliphatic hydroxyl groups is 2. The van der Waals surface area contributed by atoms with Gasteiger partial charge in [0.05, 0.1) is 0 Å². The van der Waals surface area contributed by atoms with Gasteiger partial charge < -0.3 is 0 Å². The van der Waals surface area contributed by atoms with Gasteiger partial charge in [-0.3, -0.25) is 0 Å². The number of benzene rings is 1. The first-order chi connectivity index (χ1) is 15.7. The molecule has 1 aromatic rings. The normalized spacial score (nSPS) is 26.2. The molecule has 1 fully saturated rings. The summed E-state index contributed by atoms with van der Waals surface area (Å²) in [6, 6.07) is 1.77. The molecule has 0 saturated carbocycles. The zero-order valence-corrected chi connectivity index (χ0v) is 19.3. The van der Waals surface area contributed by atoms with Crippen LogP contribution in [0.2, 0.25) is 0 Å². The second-order valence-corrected chi connectivity index (χ2v) is 8.35. The van der Waals surface area contributed by atoms with Gasteiger partial charge in [-0.1, -0.05) is 0 Å². The Morgan fingerprint density at radius 2 is 2.03 bits per heavy atom. The van der Waals surface area contributed by atoms with Crippen LogP contribution in [0.5, 0.6) is 5.75 Å². The Morgan fingerprint density at radius 3 is 2.53 bits per heavy atom. The Kier molecular flexibility index (Phi) is 8.79. The van der Waals surface area contributed by atoms with Crippen molar-refractivity contribution >= 4 is 10.4 Å². The van der Waals surface area contributed by atoms with Crippen molar-refractivity contribution in [2.24, 2.45) is 5.92 Å². The van der Waals surface area contributed by atoms with Crippen molar-refractivity contribution in [2.45, 2.75) is 43.8 Å². The molecule has 0 radical (unpaired) electrons. The van der Waals surface area contributed by atoms with Gasteiger partial charge in [-0.05, 0) is 0 Å². The van der Waals surface area contributed by atoms with Gasteiger partial charge in [0, 0.05) is 0 Å². The van der Waals surface area contributed by atoms with Gasteiger partial charge in [-0.15, -0.1) is 0 Å². The quantitative estimate of drug-likeness (QED) is 0.271. The number of allylic oxidation sites excluding steroid dienone is 1. The summed E-state index contributed by atoms with van der Waals surface area (Å²) in [4.78, 5) is 13.1. The van der Waals surface area contributed by atoms with E-state index in [2.05, 4.69) is 26.9 Å². The number of methoxy groups -OCH3 is 1. The zero-order chi connectivity index (χ0) is 26.0. The topological polar surface area (TPSA) is 88.0 Å². The molecule has 1 heterocycles. The number of hydrogen-bond donors (Lipinski definition) is 3. The summed E-state index contributed by atoms with van der Waals surface area (Å²) in [5.41, 5.74) is -3.07. The Morgan fingerprint density at radius 1 is 1.41 bits per heavy atom. The number of halogens is 5. The standard InChI is InChI=1S/C22H24F5NO5.Ni/c1-5-12(6-7-13(30)10-29)28-20(31)19-16(11(2)21(3,33-19)22(25,26)27)14-8-9-15(23)17(24)18(14)32-4;/h5-6,8-9,11,13,16,19,29-30H,1,10H2,2-4H3,(H,28,31);/b12-6+;/t11-,13-,16-,19+,21+;/m0./s1. The first kappa shape index (κ1) is 28.1. The molecule has 1 aliphatic rings. The number of alkyl halides is 3. The van der Waals surface area contributed by atoms with E-state index >= 15 is 0 Å². The first-order valence-electron chi connectivity index (χ1n) is 9.93. The molecule has 2 rings (SSSR count). The van der Waals surface area contributed by atoms with Gasteiger partial charge in [0.15, 0.2) is 0 Å². The van der Waals surface area contributed by atoms with Crippen LogP contribution in [-0.4, -0.2) is 58.3 Å². The SMILES string of the molecule is C=C/C(=C\[C](=[Ni])[C@H](O)CO)NC(=O)[C@@H]1O[C@@](C)(C(F)(F)F)[C@@H](C)[C@H]1c1ccc(F)c(F)c1OC. The van der Waals surface area contributed by atoms with Crippen molar-refractivity contribution < 1.29 is 61.5 Å². The second-order valence-electron chi connectivity index (χ2n) is 7.78. The number of rotatable bonds is 8. The van der Waals surface area contributed by atoms with Crippen molar-refractivity contribution in [3.05, 3.63) is 53.8 Å². The van der Waals surface area contributed by atoms with Crippen LogP contribution in [0.3, 0.4) is 0 Å². The van der Waals surface area contributed by atoms with Crippen molar-refractivity contribution in [3.63, 3.8) is 0 Å². The van der Waals surface area contributed by atoms with E-state index in [1.54, 1.807) is 0 Å².